The summed E-state index contributed by atoms with van der Waals surface area (Å²) in [4.78, 5) is 4.17. The SMILES string of the molecule is Cc1cc2c[c]ccc2c(N)n1. The molecule has 0 aliphatic heterocycles. The Morgan fingerprint density at radius 1 is 1.50 bits per heavy atom. The third kappa shape index (κ3) is 1.01. The Morgan fingerprint density at radius 3 is 3.17 bits per heavy atom. The maximum atomic E-state index is 5.73. The van der Waals surface area contributed by atoms with Crippen LogP contribution in [0.15, 0.2) is 24.3 Å². The molecular formula is C10H9N2. The average molecular weight is 157 g/mol. The highest BCUT2D eigenvalue weighted by Crippen LogP contribution is 2.18. The van der Waals surface area contributed by atoms with Crippen molar-refractivity contribution in [2.45, 2.75) is 6.92 Å². The first-order valence-corrected chi connectivity index (χ1v) is 3.80. The van der Waals surface area contributed by atoms with Gasteiger partial charge in [0.15, 0.2) is 0 Å². The van der Waals surface area contributed by atoms with Crippen molar-refractivity contribution < 1.29 is 0 Å². The fraction of sp³-hybridized carbons (Fsp3) is 0.100. The molecule has 0 aliphatic carbocycles. The molecule has 2 rings (SSSR count). The number of aromatic nitrogens is 1. The second-order valence-corrected chi connectivity index (χ2v) is 2.80. The van der Waals surface area contributed by atoms with Crippen molar-refractivity contribution >= 4 is 16.6 Å². The van der Waals surface area contributed by atoms with Crippen molar-refractivity contribution in [3.63, 3.8) is 0 Å². The summed E-state index contributed by atoms with van der Waals surface area (Å²) in [5.74, 6) is 0.596. The van der Waals surface area contributed by atoms with E-state index in [2.05, 4.69) is 11.1 Å². The largest absolute Gasteiger partial charge is 0.383 e. The van der Waals surface area contributed by atoms with Gasteiger partial charge in [-0.1, -0.05) is 12.1 Å². The number of nitrogen functional groups attached to an aromatic ring is 1. The summed E-state index contributed by atoms with van der Waals surface area (Å²) in [5.41, 5.74) is 6.68. The molecule has 2 N–H and O–H groups in total. The monoisotopic (exact) mass is 157 g/mol. The van der Waals surface area contributed by atoms with E-state index in [4.69, 9.17) is 5.73 Å². The van der Waals surface area contributed by atoms with Crippen LogP contribution in [0.1, 0.15) is 5.69 Å². The van der Waals surface area contributed by atoms with Crippen molar-refractivity contribution in [1.82, 2.24) is 4.98 Å². The quantitative estimate of drug-likeness (QED) is 0.634. The molecule has 1 heterocycles. The zero-order valence-electron chi connectivity index (χ0n) is 6.83. The number of fused-ring (bicyclic) bond motifs is 1. The summed E-state index contributed by atoms with van der Waals surface area (Å²) in [5, 5.41) is 2.10. The van der Waals surface area contributed by atoms with E-state index in [0.717, 1.165) is 16.5 Å². The molecular weight excluding hydrogens is 148 g/mol. The lowest BCUT2D eigenvalue weighted by molar-refractivity contribution is 1.23. The Hall–Kier alpha value is -1.57. The van der Waals surface area contributed by atoms with Crippen molar-refractivity contribution in [2.75, 3.05) is 5.73 Å². The molecule has 0 spiro atoms. The second-order valence-electron chi connectivity index (χ2n) is 2.80. The first kappa shape index (κ1) is 7.10. The number of benzene rings is 1. The van der Waals surface area contributed by atoms with Gasteiger partial charge in [0.05, 0.1) is 0 Å². The molecule has 0 unspecified atom stereocenters. The van der Waals surface area contributed by atoms with Gasteiger partial charge in [0.1, 0.15) is 5.82 Å². The molecule has 2 aromatic rings. The van der Waals surface area contributed by atoms with E-state index in [0.29, 0.717) is 5.82 Å². The minimum atomic E-state index is 0.596. The van der Waals surface area contributed by atoms with Crippen LogP contribution in [-0.2, 0) is 0 Å². The summed E-state index contributed by atoms with van der Waals surface area (Å²) in [6.45, 7) is 1.93. The number of aryl methyl sites for hydroxylation is 1. The number of nitrogens with zero attached hydrogens (tertiary/aromatic N) is 1. The van der Waals surface area contributed by atoms with Crippen LogP contribution < -0.4 is 5.73 Å². The molecule has 0 saturated heterocycles. The van der Waals surface area contributed by atoms with E-state index < -0.39 is 0 Å². The predicted octanol–water partition coefficient (Wildman–Crippen LogP) is 1.93. The van der Waals surface area contributed by atoms with Crippen LogP contribution in [0.5, 0.6) is 0 Å². The molecule has 1 aromatic carbocycles. The molecule has 0 amide bonds. The molecule has 59 valence electrons. The van der Waals surface area contributed by atoms with E-state index in [9.17, 15) is 0 Å². The van der Waals surface area contributed by atoms with E-state index >= 15 is 0 Å². The van der Waals surface area contributed by atoms with Gasteiger partial charge in [0, 0.05) is 11.1 Å². The van der Waals surface area contributed by atoms with Gasteiger partial charge >= 0.3 is 0 Å². The molecule has 0 fully saturated rings. The molecule has 2 heteroatoms. The third-order valence-electron chi connectivity index (χ3n) is 1.83. The Kier molecular flexibility index (Phi) is 1.47. The molecule has 12 heavy (non-hydrogen) atoms. The standard InChI is InChI=1S/C10H9N2/c1-7-6-8-4-2-3-5-9(8)10(11)12-7/h3-6H,1H3,(H2,11,12). The zero-order valence-corrected chi connectivity index (χ0v) is 6.83. The number of hydrogen-bond donors (Lipinski definition) is 1. The lowest BCUT2D eigenvalue weighted by Gasteiger charge is -2.01. The van der Waals surface area contributed by atoms with E-state index in [-0.39, 0.29) is 0 Å². The fourth-order valence-corrected chi connectivity index (χ4v) is 1.30. The van der Waals surface area contributed by atoms with Gasteiger partial charge in [-0.2, -0.15) is 0 Å². The molecule has 0 atom stereocenters. The summed E-state index contributed by atoms with van der Waals surface area (Å²) in [6.07, 6.45) is 0. The minimum Gasteiger partial charge on any atom is -0.383 e. The average Bonchev–Trinajstić information content (AvgIpc) is 2.04. The van der Waals surface area contributed by atoms with Crippen LogP contribution in [0.25, 0.3) is 10.8 Å². The second kappa shape index (κ2) is 2.48. The zero-order chi connectivity index (χ0) is 8.55. The van der Waals surface area contributed by atoms with Crippen LogP contribution in [0, 0.1) is 13.0 Å². The highest BCUT2D eigenvalue weighted by Gasteiger charge is 1.98. The van der Waals surface area contributed by atoms with Gasteiger partial charge in [-0.05, 0) is 30.5 Å². The first-order valence-electron chi connectivity index (χ1n) is 3.80. The van der Waals surface area contributed by atoms with Crippen LogP contribution in [0.3, 0.4) is 0 Å². The maximum Gasteiger partial charge on any atom is 0.131 e. The maximum absolute atomic E-state index is 5.73. The molecule has 0 saturated carbocycles. The number of hydrogen-bond acceptors (Lipinski definition) is 2. The summed E-state index contributed by atoms with van der Waals surface area (Å²) in [6, 6.07) is 10.7. The van der Waals surface area contributed by atoms with Gasteiger partial charge in [0.25, 0.3) is 0 Å². The Balaban J connectivity index is 2.89. The fourth-order valence-electron chi connectivity index (χ4n) is 1.30. The lowest BCUT2D eigenvalue weighted by Crippen LogP contribution is -1.93. The molecule has 2 nitrogen and oxygen atoms in total. The topological polar surface area (TPSA) is 38.9 Å². The third-order valence-corrected chi connectivity index (χ3v) is 1.83. The number of nitrogens with two attached hydrogens (primary N) is 1. The summed E-state index contributed by atoms with van der Waals surface area (Å²) < 4.78 is 0. The Labute approximate surface area is 71.0 Å². The number of anilines is 1. The predicted molar refractivity (Wildman–Crippen MR) is 49.7 cm³/mol. The Morgan fingerprint density at radius 2 is 2.33 bits per heavy atom. The smallest absolute Gasteiger partial charge is 0.131 e. The van der Waals surface area contributed by atoms with Gasteiger partial charge in [-0.15, -0.1) is 0 Å². The van der Waals surface area contributed by atoms with Crippen LogP contribution >= 0.6 is 0 Å². The van der Waals surface area contributed by atoms with E-state index in [1.807, 2.05) is 31.2 Å². The van der Waals surface area contributed by atoms with Crippen molar-refractivity contribution in [3.05, 3.63) is 36.0 Å². The van der Waals surface area contributed by atoms with Crippen molar-refractivity contribution in [1.29, 1.82) is 0 Å². The van der Waals surface area contributed by atoms with Gasteiger partial charge < -0.3 is 5.73 Å². The van der Waals surface area contributed by atoms with Crippen molar-refractivity contribution in [2.24, 2.45) is 0 Å². The molecule has 0 aliphatic rings. The molecule has 1 radical (unpaired) electrons. The number of pyridine rings is 1. The van der Waals surface area contributed by atoms with Crippen LogP contribution in [-0.4, -0.2) is 4.98 Å². The molecule has 0 bridgehead atoms. The summed E-state index contributed by atoms with van der Waals surface area (Å²) >= 11 is 0. The van der Waals surface area contributed by atoms with Gasteiger partial charge in [-0.25, -0.2) is 4.98 Å². The highest BCUT2D eigenvalue weighted by molar-refractivity contribution is 5.90. The van der Waals surface area contributed by atoms with Crippen LogP contribution in [0.4, 0.5) is 5.82 Å². The highest BCUT2D eigenvalue weighted by atomic mass is 14.8. The normalized spacial score (nSPS) is 10.4. The molecule has 1 aromatic heterocycles. The van der Waals surface area contributed by atoms with Crippen molar-refractivity contribution in [3.8, 4) is 0 Å². The Bertz CT molecular complexity index is 421. The van der Waals surface area contributed by atoms with E-state index in [1.54, 1.807) is 0 Å². The minimum absolute atomic E-state index is 0.596. The van der Waals surface area contributed by atoms with Gasteiger partial charge in [-0.3, -0.25) is 0 Å². The summed E-state index contributed by atoms with van der Waals surface area (Å²) in [7, 11) is 0. The lowest BCUT2D eigenvalue weighted by atomic mass is 10.1. The van der Waals surface area contributed by atoms with Gasteiger partial charge in [0.2, 0.25) is 0 Å². The van der Waals surface area contributed by atoms with E-state index in [1.165, 1.54) is 0 Å². The first-order chi connectivity index (χ1) is 5.77. The number of rotatable bonds is 0. The van der Waals surface area contributed by atoms with Crippen LogP contribution in [0.2, 0.25) is 0 Å².